The van der Waals surface area contributed by atoms with E-state index in [0.717, 1.165) is 7.11 Å². The molecule has 0 aliphatic carbocycles. The normalized spacial score (nSPS) is 18.6. The van der Waals surface area contributed by atoms with Gasteiger partial charge in [0.2, 0.25) is 0 Å². The van der Waals surface area contributed by atoms with Gasteiger partial charge in [0.1, 0.15) is 35.7 Å². The molecule has 1 atom stereocenters. The molecule has 192 valence electrons. The van der Waals surface area contributed by atoms with Crippen LogP contribution in [0.15, 0.2) is 47.0 Å². The van der Waals surface area contributed by atoms with Crippen molar-refractivity contribution in [2.75, 3.05) is 38.9 Å². The van der Waals surface area contributed by atoms with Gasteiger partial charge in [0, 0.05) is 11.3 Å². The lowest BCUT2D eigenvalue weighted by Gasteiger charge is -2.40. The molecule has 12 nitrogen and oxygen atoms in total. The molecule has 1 spiro atoms. The van der Waals surface area contributed by atoms with E-state index in [1.807, 2.05) is 0 Å². The molecular weight excluding hydrogens is 476 g/mol. The van der Waals surface area contributed by atoms with Crippen molar-refractivity contribution < 1.29 is 47.7 Å². The van der Waals surface area contributed by atoms with Gasteiger partial charge < -0.3 is 34.3 Å². The summed E-state index contributed by atoms with van der Waals surface area (Å²) >= 11 is 0. The van der Waals surface area contributed by atoms with Crippen molar-refractivity contribution in [1.82, 2.24) is 0 Å². The van der Waals surface area contributed by atoms with Crippen molar-refractivity contribution >= 4 is 35.5 Å². The lowest BCUT2D eigenvalue weighted by Crippen LogP contribution is -2.51. The SMILES string of the molecule is CCOC(=O)CC1=C(C(=O)OCC)[C@]2(C(=O)O1)C(C(=O)OC)=C(N)N(CC(=O)OC)c1ccccc12. The van der Waals surface area contributed by atoms with Crippen LogP contribution in [0.4, 0.5) is 5.69 Å². The fourth-order valence-corrected chi connectivity index (χ4v) is 4.30. The van der Waals surface area contributed by atoms with Gasteiger partial charge in [-0.15, -0.1) is 0 Å². The maximum Gasteiger partial charge on any atom is 0.339 e. The summed E-state index contributed by atoms with van der Waals surface area (Å²) in [4.78, 5) is 65.9. The summed E-state index contributed by atoms with van der Waals surface area (Å²) in [6.45, 7) is 2.69. The van der Waals surface area contributed by atoms with E-state index in [-0.39, 0.29) is 36.0 Å². The van der Waals surface area contributed by atoms with E-state index in [9.17, 15) is 24.0 Å². The molecule has 0 aromatic heterocycles. The fourth-order valence-electron chi connectivity index (χ4n) is 4.30. The van der Waals surface area contributed by atoms with E-state index in [2.05, 4.69) is 0 Å². The molecule has 0 unspecified atom stereocenters. The third-order valence-electron chi connectivity index (χ3n) is 5.69. The molecule has 2 N–H and O–H groups in total. The number of carbonyl (C=O) groups excluding carboxylic acids is 5. The summed E-state index contributed by atoms with van der Waals surface area (Å²) in [5, 5.41) is 0. The molecule has 2 heterocycles. The van der Waals surface area contributed by atoms with Gasteiger partial charge in [0.05, 0.1) is 27.4 Å². The summed E-state index contributed by atoms with van der Waals surface area (Å²) in [6, 6.07) is 6.19. The number of carbonyl (C=O) groups is 5. The summed E-state index contributed by atoms with van der Waals surface area (Å²) in [5.74, 6) is -5.29. The number of para-hydroxylation sites is 1. The molecule has 3 rings (SSSR count). The van der Waals surface area contributed by atoms with Crippen LogP contribution < -0.4 is 10.6 Å². The Morgan fingerprint density at radius 2 is 1.61 bits per heavy atom. The van der Waals surface area contributed by atoms with E-state index < -0.39 is 59.4 Å². The second kappa shape index (κ2) is 10.5. The van der Waals surface area contributed by atoms with Crippen molar-refractivity contribution in [3.8, 4) is 0 Å². The number of nitrogens with zero attached hydrogens (tertiary/aromatic N) is 1. The molecule has 0 bridgehead atoms. The van der Waals surface area contributed by atoms with Crippen LogP contribution >= 0.6 is 0 Å². The minimum Gasteiger partial charge on any atom is -0.468 e. The van der Waals surface area contributed by atoms with Crippen LogP contribution in [-0.4, -0.2) is 63.8 Å². The van der Waals surface area contributed by atoms with Crippen LogP contribution in [0, 0.1) is 0 Å². The Labute approximate surface area is 206 Å². The molecular formula is C24H26N2O10. The van der Waals surface area contributed by atoms with Crippen molar-refractivity contribution in [2.24, 2.45) is 5.73 Å². The number of ether oxygens (including phenoxy) is 5. The van der Waals surface area contributed by atoms with E-state index in [1.165, 1.54) is 18.1 Å². The second-order valence-electron chi connectivity index (χ2n) is 7.57. The van der Waals surface area contributed by atoms with Crippen LogP contribution in [-0.2, 0) is 53.1 Å². The number of benzene rings is 1. The Kier molecular flexibility index (Phi) is 7.66. The number of hydrogen-bond acceptors (Lipinski definition) is 12. The lowest BCUT2D eigenvalue weighted by atomic mass is 9.66. The first kappa shape index (κ1) is 26.3. The average Bonchev–Trinajstić information content (AvgIpc) is 3.13. The van der Waals surface area contributed by atoms with Gasteiger partial charge in [-0.05, 0) is 19.9 Å². The zero-order chi connectivity index (χ0) is 26.6. The van der Waals surface area contributed by atoms with Crippen molar-refractivity contribution in [3.05, 3.63) is 52.6 Å². The van der Waals surface area contributed by atoms with Gasteiger partial charge in [-0.1, -0.05) is 18.2 Å². The first-order valence-corrected chi connectivity index (χ1v) is 11.0. The predicted octanol–water partition coefficient (Wildman–Crippen LogP) is 0.588. The molecule has 0 saturated heterocycles. The number of cyclic esters (lactones) is 1. The largest absolute Gasteiger partial charge is 0.468 e. The monoisotopic (exact) mass is 502 g/mol. The number of fused-ring (bicyclic) bond motifs is 2. The van der Waals surface area contributed by atoms with E-state index in [1.54, 1.807) is 32.0 Å². The Balaban J connectivity index is 2.43. The zero-order valence-electron chi connectivity index (χ0n) is 20.2. The Morgan fingerprint density at radius 1 is 0.944 bits per heavy atom. The van der Waals surface area contributed by atoms with Gasteiger partial charge in [0.15, 0.2) is 5.41 Å². The number of nitrogens with two attached hydrogens (primary N) is 1. The Hall–Kier alpha value is -4.35. The maximum absolute atomic E-state index is 13.7. The van der Waals surface area contributed by atoms with Gasteiger partial charge in [0.25, 0.3) is 0 Å². The molecule has 0 amide bonds. The summed E-state index contributed by atoms with van der Waals surface area (Å²) in [7, 11) is 2.24. The van der Waals surface area contributed by atoms with Gasteiger partial charge >= 0.3 is 29.8 Å². The molecule has 2 aliphatic heterocycles. The van der Waals surface area contributed by atoms with Gasteiger partial charge in [-0.25, -0.2) is 14.4 Å². The number of anilines is 1. The highest BCUT2D eigenvalue weighted by molar-refractivity contribution is 6.16. The van der Waals surface area contributed by atoms with Crippen LogP contribution in [0.3, 0.4) is 0 Å². The molecule has 2 aliphatic rings. The van der Waals surface area contributed by atoms with Crippen LogP contribution in [0.1, 0.15) is 25.8 Å². The molecule has 1 aromatic carbocycles. The van der Waals surface area contributed by atoms with Crippen LogP contribution in [0.25, 0.3) is 0 Å². The van der Waals surface area contributed by atoms with E-state index >= 15 is 0 Å². The maximum atomic E-state index is 13.7. The van der Waals surface area contributed by atoms with Crippen molar-refractivity contribution in [1.29, 1.82) is 0 Å². The summed E-state index contributed by atoms with van der Waals surface area (Å²) in [5.41, 5.74) is 3.59. The minimum atomic E-state index is -2.24. The number of rotatable bonds is 8. The van der Waals surface area contributed by atoms with E-state index in [4.69, 9.17) is 29.4 Å². The highest BCUT2D eigenvalue weighted by Gasteiger charge is 2.64. The number of methoxy groups -OCH3 is 2. The van der Waals surface area contributed by atoms with Crippen molar-refractivity contribution in [3.63, 3.8) is 0 Å². The number of esters is 5. The molecule has 0 radical (unpaired) electrons. The minimum absolute atomic E-state index is 0.0471. The van der Waals surface area contributed by atoms with Crippen molar-refractivity contribution in [2.45, 2.75) is 25.7 Å². The van der Waals surface area contributed by atoms with Crippen LogP contribution in [0.2, 0.25) is 0 Å². The zero-order valence-corrected chi connectivity index (χ0v) is 20.2. The average molecular weight is 502 g/mol. The third kappa shape index (κ3) is 4.14. The highest BCUT2D eigenvalue weighted by atomic mass is 16.6. The number of hydrogen-bond donors (Lipinski definition) is 1. The topological polar surface area (TPSA) is 161 Å². The Morgan fingerprint density at radius 3 is 2.22 bits per heavy atom. The highest BCUT2D eigenvalue weighted by Crippen LogP contribution is 2.54. The first-order valence-electron chi connectivity index (χ1n) is 11.0. The summed E-state index contributed by atoms with van der Waals surface area (Å²) in [6.07, 6.45) is -0.585. The fraction of sp³-hybridized carbons (Fsp3) is 0.375. The van der Waals surface area contributed by atoms with E-state index in [0.29, 0.717) is 0 Å². The second-order valence-corrected chi connectivity index (χ2v) is 7.57. The molecule has 36 heavy (non-hydrogen) atoms. The standard InChI is InChI=1S/C24H26N2O10/c1-5-34-16(27)11-15-18(22(30)35-6-2)24(23(31)36-15)13-9-7-8-10-14(13)26(12-17(28)32-3)20(25)19(24)21(29)33-4/h7-10H,5-6,11-12,25H2,1-4H3/t24-/m0/s1. The molecule has 0 saturated carbocycles. The van der Waals surface area contributed by atoms with Crippen LogP contribution in [0.5, 0.6) is 0 Å². The lowest BCUT2D eigenvalue weighted by molar-refractivity contribution is -0.148. The first-order chi connectivity index (χ1) is 17.2. The molecule has 0 fully saturated rings. The third-order valence-corrected chi connectivity index (χ3v) is 5.69. The van der Waals surface area contributed by atoms with Gasteiger partial charge in [-0.3, -0.25) is 9.59 Å². The Bertz CT molecular complexity index is 1190. The quantitative estimate of drug-likeness (QED) is 0.390. The smallest absolute Gasteiger partial charge is 0.339 e. The summed E-state index contributed by atoms with van der Waals surface area (Å²) < 4.78 is 25.3. The molecule has 1 aromatic rings. The van der Waals surface area contributed by atoms with Gasteiger partial charge in [-0.2, -0.15) is 0 Å². The molecule has 12 heteroatoms. The predicted molar refractivity (Wildman–Crippen MR) is 122 cm³/mol.